The highest BCUT2D eigenvalue weighted by molar-refractivity contribution is 6.47. The molecule has 0 spiro atoms. The van der Waals surface area contributed by atoms with Crippen LogP contribution in [0.3, 0.4) is 0 Å². The predicted octanol–water partition coefficient (Wildman–Crippen LogP) is -3.04. The zero-order chi connectivity index (χ0) is 17.6. The Balaban J connectivity index is 1.87. The van der Waals surface area contributed by atoms with E-state index in [1.165, 1.54) is 11.8 Å². The molecule has 0 saturated carbocycles. The van der Waals surface area contributed by atoms with Gasteiger partial charge in [0.1, 0.15) is 37.0 Å². The van der Waals surface area contributed by atoms with E-state index in [9.17, 15) is 25.2 Å². The Morgan fingerprint density at radius 2 is 2.25 bits per heavy atom. The van der Waals surface area contributed by atoms with Crippen LogP contribution in [-0.2, 0) is 9.53 Å². The van der Waals surface area contributed by atoms with Gasteiger partial charge in [0.15, 0.2) is 17.7 Å². The van der Waals surface area contributed by atoms with Crippen molar-refractivity contribution in [2.45, 2.75) is 37.1 Å². The highest BCUT2D eigenvalue weighted by Crippen LogP contribution is 2.31. The number of carboxylic acids is 1. The average Bonchev–Trinajstić information content (AvgIpc) is 3.10. The molecule has 0 aromatic heterocycles. The van der Waals surface area contributed by atoms with Crippen LogP contribution in [0.15, 0.2) is 15.0 Å². The molecule has 0 radical (unpaired) electrons. The van der Waals surface area contributed by atoms with Crippen LogP contribution in [0, 0.1) is 5.92 Å². The molecular weight excluding hydrogens is 322 g/mol. The quantitative estimate of drug-likeness (QED) is 0.358. The van der Waals surface area contributed by atoms with Gasteiger partial charge in [-0.3, -0.25) is 9.79 Å². The van der Waals surface area contributed by atoms with E-state index in [0.717, 1.165) is 6.34 Å². The molecule has 11 heteroatoms. The van der Waals surface area contributed by atoms with Crippen molar-refractivity contribution in [3.63, 3.8) is 0 Å². The normalized spacial score (nSPS) is 39.5. The summed E-state index contributed by atoms with van der Waals surface area (Å²) in [6, 6.07) is 0. The zero-order valence-electron chi connectivity index (χ0n) is 12.8. The molecule has 0 aliphatic carbocycles. The lowest BCUT2D eigenvalue weighted by atomic mass is 9.89. The van der Waals surface area contributed by atoms with Gasteiger partial charge in [-0.1, -0.05) is 0 Å². The molecule has 6 N–H and O–H groups in total. The smallest absolute Gasteiger partial charge is 0.310 e. The minimum Gasteiger partial charge on any atom is -0.481 e. The molecule has 0 aromatic carbocycles. The van der Waals surface area contributed by atoms with Crippen LogP contribution in [0.25, 0.3) is 0 Å². The summed E-state index contributed by atoms with van der Waals surface area (Å²) >= 11 is 0. The van der Waals surface area contributed by atoms with Crippen LogP contribution in [-0.4, -0.2) is 92.7 Å². The van der Waals surface area contributed by atoms with Crippen LogP contribution >= 0.6 is 0 Å². The number of hydrogen-bond donors (Lipinski definition) is 5. The summed E-state index contributed by atoms with van der Waals surface area (Å²) in [4.78, 5) is 25.1. The van der Waals surface area contributed by atoms with E-state index in [-0.39, 0.29) is 18.2 Å². The Morgan fingerprint density at radius 3 is 2.83 bits per heavy atom. The molecule has 3 aliphatic rings. The first-order valence-corrected chi connectivity index (χ1v) is 7.38. The van der Waals surface area contributed by atoms with E-state index in [0.29, 0.717) is 0 Å². The highest BCUT2D eigenvalue weighted by Gasteiger charge is 2.52. The van der Waals surface area contributed by atoms with Crippen molar-refractivity contribution in [1.82, 2.24) is 4.90 Å². The maximum Gasteiger partial charge on any atom is 0.310 e. The standard InChI is InChI=1S/C13H19N5O6/c1-5(12(22)23)13(14)9-10(15-3-17-13)18(4-16-9)11-8(21)7(20)6(2-19)24-11/h3,5-8,11,19-21H,2,4,14H2,1H3,(H,22,23)/t5?,6-,7-,8-,11-,13?/m1/s1. The Morgan fingerprint density at radius 1 is 1.54 bits per heavy atom. The first-order valence-electron chi connectivity index (χ1n) is 7.38. The second-order valence-electron chi connectivity index (χ2n) is 5.93. The summed E-state index contributed by atoms with van der Waals surface area (Å²) in [7, 11) is 0. The van der Waals surface area contributed by atoms with Crippen molar-refractivity contribution >= 4 is 23.9 Å². The number of fused-ring (bicyclic) bond motifs is 1. The summed E-state index contributed by atoms with van der Waals surface area (Å²) in [6.07, 6.45) is -3.33. The monoisotopic (exact) mass is 341 g/mol. The number of aliphatic carboxylic acids is 1. The molecule has 11 nitrogen and oxygen atoms in total. The topological polar surface area (TPSA) is 174 Å². The van der Waals surface area contributed by atoms with E-state index in [1.807, 2.05) is 0 Å². The maximum atomic E-state index is 11.3. The number of aliphatic hydroxyl groups is 3. The van der Waals surface area contributed by atoms with Crippen molar-refractivity contribution in [1.29, 1.82) is 0 Å². The molecule has 3 heterocycles. The lowest BCUT2D eigenvalue weighted by Gasteiger charge is -2.34. The van der Waals surface area contributed by atoms with Crippen molar-refractivity contribution < 1.29 is 30.0 Å². The van der Waals surface area contributed by atoms with Crippen LogP contribution in [0.4, 0.5) is 0 Å². The van der Waals surface area contributed by atoms with Crippen molar-refractivity contribution in [3.05, 3.63) is 0 Å². The van der Waals surface area contributed by atoms with Gasteiger partial charge in [0.2, 0.25) is 0 Å². The van der Waals surface area contributed by atoms with Gasteiger partial charge < -0.3 is 35.8 Å². The second kappa shape index (κ2) is 5.86. The van der Waals surface area contributed by atoms with Gasteiger partial charge in [-0.05, 0) is 6.92 Å². The van der Waals surface area contributed by atoms with E-state index in [1.54, 1.807) is 0 Å². The summed E-state index contributed by atoms with van der Waals surface area (Å²) in [5.41, 5.74) is 4.75. The van der Waals surface area contributed by atoms with E-state index in [2.05, 4.69) is 15.0 Å². The molecular formula is C13H19N5O6. The Kier molecular flexibility index (Phi) is 4.13. The lowest BCUT2D eigenvalue weighted by molar-refractivity contribution is -0.142. The SMILES string of the molecule is CC(C(=O)O)C1(N)N=CN=C2C1=NCN2[C@@H]1O[C@H](CO)[C@@H](O)[C@H]1O. The number of aliphatic imine (C=N–C) groups is 3. The first-order chi connectivity index (χ1) is 11.3. The third kappa shape index (κ3) is 2.32. The maximum absolute atomic E-state index is 11.3. The zero-order valence-corrected chi connectivity index (χ0v) is 12.8. The molecule has 0 amide bonds. The first kappa shape index (κ1) is 16.9. The molecule has 0 bridgehead atoms. The third-order valence-corrected chi connectivity index (χ3v) is 4.55. The summed E-state index contributed by atoms with van der Waals surface area (Å²) in [5, 5.41) is 38.5. The Hall–Kier alpha value is -1.92. The number of ether oxygens (including phenoxy) is 1. The van der Waals surface area contributed by atoms with Gasteiger partial charge >= 0.3 is 5.97 Å². The summed E-state index contributed by atoms with van der Waals surface area (Å²) < 4.78 is 5.46. The fourth-order valence-electron chi connectivity index (χ4n) is 2.95. The fraction of sp³-hybridized carbons (Fsp3) is 0.692. The molecule has 6 atom stereocenters. The third-order valence-electron chi connectivity index (χ3n) is 4.55. The van der Waals surface area contributed by atoms with Crippen LogP contribution < -0.4 is 5.73 Å². The van der Waals surface area contributed by atoms with Crippen molar-refractivity contribution in [2.24, 2.45) is 26.6 Å². The Labute approximate surface area is 136 Å². The molecule has 24 heavy (non-hydrogen) atoms. The van der Waals surface area contributed by atoms with Gasteiger partial charge in [0.25, 0.3) is 0 Å². The fourth-order valence-corrected chi connectivity index (χ4v) is 2.95. The summed E-state index contributed by atoms with van der Waals surface area (Å²) in [5.74, 6) is -1.96. The molecule has 132 valence electrons. The number of amidine groups is 1. The van der Waals surface area contributed by atoms with E-state index >= 15 is 0 Å². The van der Waals surface area contributed by atoms with Gasteiger partial charge in [0.05, 0.1) is 12.5 Å². The highest BCUT2D eigenvalue weighted by atomic mass is 16.6. The minimum atomic E-state index is -1.59. The summed E-state index contributed by atoms with van der Waals surface area (Å²) in [6.45, 7) is 0.969. The number of rotatable bonds is 4. The van der Waals surface area contributed by atoms with Gasteiger partial charge in [-0.25, -0.2) is 9.98 Å². The number of carbonyl (C=O) groups is 1. The number of nitrogens with zero attached hydrogens (tertiary/aromatic N) is 4. The van der Waals surface area contributed by atoms with E-state index in [4.69, 9.17) is 10.5 Å². The number of aliphatic hydroxyl groups excluding tert-OH is 3. The Bertz CT molecular complexity index is 636. The minimum absolute atomic E-state index is 0.00934. The average molecular weight is 341 g/mol. The van der Waals surface area contributed by atoms with E-state index < -0.39 is 48.7 Å². The lowest BCUT2D eigenvalue weighted by Crippen LogP contribution is -2.60. The molecule has 3 rings (SSSR count). The molecule has 1 saturated heterocycles. The van der Waals surface area contributed by atoms with Crippen LogP contribution in [0.1, 0.15) is 6.92 Å². The predicted molar refractivity (Wildman–Crippen MR) is 81.5 cm³/mol. The number of hydrogen-bond acceptors (Lipinski definition) is 10. The largest absolute Gasteiger partial charge is 0.481 e. The van der Waals surface area contributed by atoms with Crippen LogP contribution in [0.2, 0.25) is 0 Å². The van der Waals surface area contributed by atoms with Crippen molar-refractivity contribution in [2.75, 3.05) is 13.3 Å². The van der Waals surface area contributed by atoms with Crippen LogP contribution in [0.5, 0.6) is 0 Å². The second-order valence-corrected chi connectivity index (χ2v) is 5.93. The molecule has 0 aromatic rings. The number of carboxylic acid groups (broad SMARTS) is 1. The molecule has 3 aliphatic heterocycles. The van der Waals surface area contributed by atoms with Gasteiger partial charge in [-0.2, -0.15) is 0 Å². The molecule has 2 unspecified atom stereocenters. The van der Waals surface area contributed by atoms with Crippen molar-refractivity contribution in [3.8, 4) is 0 Å². The number of nitrogens with two attached hydrogens (primary N) is 1. The molecule has 1 fully saturated rings. The van der Waals surface area contributed by atoms with Gasteiger partial charge in [0, 0.05) is 0 Å². The van der Waals surface area contributed by atoms with Gasteiger partial charge in [-0.15, -0.1) is 0 Å².